The van der Waals surface area contributed by atoms with E-state index in [1.165, 1.54) is 13.5 Å². The van der Waals surface area contributed by atoms with Gasteiger partial charge in [-0.2, -0.15) is 0 Å². The van der Waals surface area contributed by atoms with Gasteiger partial charge in [0, 0.05) is 0 Å². The third-order valence-corrected chi connectivity index (χ3v) is 5.26. The van der Waals surface area contributed by atoms with Crippen LogP contribution in [0.3, 0.4) is 0 Å². The first-order valence-electron chi connectivity index (χ1n) is 9.63. The first-order valence-corrected chi connectivity index (χ1v) is 9.63. The summed E-state index contributed by atoms with van der Waals surface area (Å²) in [6.07, 6.45) is 3.45. The van der Waals surface area contributed by atoms with Crippen molar-refractivity contribution in [1.82, 2.24) is 10.4 Å². The molecule has 3 rings (SSSR count). The molecule has 0 radical (unpaired) electrons. The maximum Gasteiger partial charge on any atom is 0.430 e. The third kappa shape index (κ3) is 4.94. The zero-order valence-electron chi connectivity index (χ0n) is 16.0. The van der Waals surface area contributed by atoms with Crippen molar-refractivity contribution in [2.75, 3.05) is 7.11 Å². The fraction of sp³-hybridized carbons (Fsp3) is 0.550. The van der Waals surface area contributed by atoms with E-state index in [1.54, 1.807) is 0 Å². The van der Waals surface area contributed by atoms with E-state index in [0.29, 0.717) is 12.3 Å². The Balaban J connectivity index is 1.64. The SMILES string of the molecule is COC(=O)[C@@H]1OC(=O)N(NC(=O)OCc2ccccc2)[C@H]1CC1CCCCC1. The predicted molar refractivity (Wildman–Crippen MR) is 98.9 cm³/mol. The summed E-state index contributed by atoms with van der Waals surface area (Å²) in [5, 5.41) is 1.07. The standard InChI is InChI=1S/C20H26N2O6/c1-26-18(23)17-16(12-14-8-4-2-5-9-14)22(20(25)28-17)21-19(24)27-13-15-10-6-3-7-11-15/h3,6-7,10-11,14,16-17H,2,4-5,8-9,12-13H2,1H3,(H,21,24)/t16-,17+/m0/s1. The number of nitrogens with one attached hydrogen (secondary N) is 1. The van der Waals surface area contributed by atoms with Gasteiger partial charge < -0.3 is 14.2 Å². The van der Waals surface area contributed by atoms with Crippen LogP contribution in [0.1, 0.15) is 44.1 Å². The largest absolute Gasteiger partial charge is 0.466 e. The molecule has 1 N–H and O–H groups in total. The van der Waals surface area contributed by atoms with E-state index < -0.39 is 30.3 Å². The van der Waals surface area contributed by atoms with E-state index >= 15 is 0 Å². The van der Waals surface area contributed by atoms with Crippen molar-refractivity contribution in [3.8, 4) is 0 Å². The molecule has 152 valence electrons. The smallest absolute Gasteiger partial charge is 0.430 e. The van der Waals surface area contributed by atoms with Crippen molar-refractivity contribution in [3.05, 3.63) is 35.9 Å². The Labute approximate surface area is 164 Å². The van der Waals surface area contributed by atoms with Crippen molar-refractivity contribution in [2.24, 2.45) is 5.92 Å². The van der Waals surface area contributed by atoms with E-state index in [2.05, 4.69) is 5.43 Å². The van der Waals surface area contributed by atoms with E-state index in [-0.39, 0.29) is 6.61 Å². The zero-order valence-corrected chi connectivity index (χ0v) is 16.0. The fourth-order valence-corrected chi connectivity index (χ4v) is 3.81. The molecule has 2 fully saturated rings. The molecule has 1 aliphatic heterocycles. The van der Waals surface area contributed by atoms with E-state index in [9.17, 15) is 14.4 Å². The van der Waals surface area contributed by atoms with Crippen LogP contribution < -0.4 is 5.43 Å². The molecule has 2 atom stereocenters. The molecule has 28 heavy (non-hydrogen) atoms. The van der Waals surface area contributed by atoms with Gasteiger partial charge in [-0.3, -0.25) is 0 Å². The highest BCUT2D eigenvalue weighted by Gasteiger charge is 2.48. The Kier molecular flexibility index (Phi) is 6.73. The number of rotatable bonds is 6. The van der Waals surface area contributed by atoms with E-state index in [0.717, 1.165) is 36.3 Å². The van der Waals surface area contributed by atoms with Crippen LogP contribution in [-0.2, 0) is 25.6 Å². The summed E-state index contributed by atoms with van der Waals surface area (Å²) in [6.45, 7) is 0.0727. The van der Waals surface area contributed by atoms with Crippen LogP contribution in [0.15, 0.2) is 30.3 Å². The second-order valence-electron chi connectivity index (χ2n) is 7.18. The summed E-state index contributed by atoms with van der Waals surface area (Å²) >= 11 is 0. The molecule has 0 spiro atoms. The third-order valence-electron chi connectivity index (χ3n) is 5.26. The molecule has 1 saturated carbocycles. The molecule has 8 nitrogen and oxygen atoms in total. The number of carbonyl (C=O) groups excluding carboxylic acids is 3. The van der Waals surface area contributed by atoms with Crippen LogP contribution in [0.25, 0.3) is 0 Å². The van der Waals surface area contributed by atoms with Crippen molar-refractivity contribution in [2.45, 2.75) is 57.3 Å². The number of cyclic esters (lactones) is 1. The molecule has 0 aromatic heterocycles. The molecule has 8 heteroatoms. The second-order valence-corrected chi connectivity index (χ2v) is 7.18. The lowest BCUT2D eigenvalue weighted by Crippen LogP contribution is -2.51. The molecule has 0 bridgehead atoms. The van der Waals surface area contributed by atoms with Gasteiger partial charge in [0.25, 0.3) is 0 Å². The van der Waals surface area contributed by atoms with Gasteiger partial charge in [0.1, 0.15) is 12.6 Å². The van der Waals surface area contributed by atoms with Gasteiger partial charge in [-0.15, -0.1) is 0 Å². The Morgan fingerprint density at radius 2 is 1.89 bits per heavy atom. The van der Waals surface area contributed by atoms with Gasteiger partial charge in [-0.05, 0) is 17.9 Å². The number of benzene rings is 1. The maximum atomic E-state index is 12.3. The Bertz CT molecular complexity index is 689. The summed E-state index contributed by atoms with van der Waals surface area (Å²) in [4.78, 5) is 36.6. The number of amides is 2. The van der Waals surface area contributed by atoms with Gasteiger partial charge in [0.05, 0.1) is 7.11 Å². The maximum absolute atomic E-state index is 12.3. The van der Waals surface area contributed by atoms with Crippen LogP contribution in [0, 0.1) is 5.92 Å². The number of hydrogen-bond donors (Lipinski definition) is 1. The number of esters is 1. The molecule has 1 aliphatic carbocycles. The topological polar surface area (TPSA) is 94.2 Å². The van der Waals surface area contributed by atoms with E-state index in [4.69, 9.17) is 14.2 Å². The van der Waals surface area contributed by atoms with Gasteiger partial charge in [0.2, 0.25) is 6.10 Å². The number of nitrogens with zero attached hydrogens (tertiary/aromatic N) is 1. The highest BCUT2D eigenvalue weighted by Crippen LogP contribution is 2.32. The lowest BCUT2D eigenvalue weighted by Gasteiger charge is -2.29. The highest BCUT2D eigenvalue weighted by atomic mass is 16.6. The van der Waals surface area contributed by atoms with Crippen LogP contribution in [0.2, 0.25) is 0 Å². The average molecular weight is 390 g/mol. The van der Waals surface area contributed by atoms with Gasteiger partial charge >= 0.3 is 18.2 Å². The minimum absolute atomic E-state index is 0.0727. The number of carbonyl (C=O) groups is 3. The van der Waals surface area contributed by atoms with Crippen LogP contribution in [0.5, 0.6) is 0 Å². The van der Waals surface area contributed by atoms with Crippen molar-refractivity contribution < 1.29 is 28.6 Å². The Morgan fingerprint density at radius 1 is 1.18 bits per heavy atom. The number of hydrazine groups is 1. The predicted octanol–water partition coefficient (Wildman–Crippen LogP) is 3.16. The summed E-state index contributed by atoms with van der Waals surface area (Å²) in [5.74, 6) is -0.263. The van der Waals surface area contributed by atoms with E-state index in [1.807, 2.05) is 30.3 Å². The minimum Gasteiger partial charge on any atom is -0.466 e. The van der Waals surface area contributed by atoms with Crippen molar-refractivity contribution >= 4 is 18.2 Å². The molecule has 2 aliphatic rings. The average Bonchev–Trinajstić information content (AvgIpc) is 3.03. The molecule has 2 amide bonds. The lowest BCUT2D eigenvalue weighted by molar-refractivity contribution is -0.150. The summed E-state index contributed by atoms with van der Waals surface area (Å²) in [5.41, 5.74) is 3.26. The Morgan fingerprint density at radius 3 is 2.57 bits per heavy atom. The summed E-state index contributed by atoms with van der Waals surface area (Å²) in [6, 6.07) is 8.60. The quantitative estimate of drug-likeness (QED) is 0.592. The van der Waals surface area contributed by atoms with Crippen molar-refractivity contribution in [3.63, 3.8) is 0 Å². The molecule has 0 unspecified atom stereocenters. The summed E-state index contributed by atoms with van der Waals surface area (Å²) in [7, 11) is 1.25. The van der Waals surface area contributed by atoms with Gasteiger partial charge in [0.15, 0.2) is 0 Å². The molecule has 1 saturated heterocycles. The van der Waals surface area contributed by atoms with Gasteiger partial charge in [-0.25, -0.2) is 24.8 Å². The van der Waals surface area contributed by atoms with Gasteiger partial charge in [-0.1, -0.05) is 62.4 Å². The first-order chi connectivity index (χ1) is 13.6. The number of ether oxygens (including phenoxy) is 3. The fourth-order valence-electron chi connectivity index (χ4n) is 3.81. The molecule has 1 aromatic rings. The number of methoxy groups -OCH3 is 1. The van der Waals surface area contributed by atoms with Crippen LogP contribution in [-0.4, -0.2) is 42.4 Å². The molecule has 1 heterocycles. The lowest BCUT2D eigenvalue weighted by atomic mass is 9.84. The molecular formula is C20H26N2O6. The highest BCUT2D eigenvalue weighted by molar-refractivity contribution is 5.84. The summed E-state index contributed by atoms with van der Waals surface area (Å²) < 4.78 is 15.1. The van der Waals surface area contributed by atoms with Crippen LogP contribution in [0.4, 0.5) is 9.59 Å². The zero-order chi connectivity index (χ0) is 19.9. The normalized spacial score (nSPS) is 22.5. The first kappa shape index (κ1) is 20.0. The van der Waals surface area contributed by atoms with Crippen molar-refractivity contribution in [1.29, 1.82) is 0 Å². The minimum atomic E-state index is -1.06. The molecule has 1 aromatic carbocycles. The molecular weight excluding hydrogens is 364 g/mol. The second kappa shape index (κ2) is 9.43. The number of hydrogen-bond acceptors (Lipinski definition) is 6. The Hall–Kier alpha value is -2.77. The van der Waals surface area contributed by atoms with Crippen LogP contribution >= 0.6 is 0 Å². The monoisotopic (exact) mass is 390 g/mol.